The van der Waals surface area contributed by atoms with Crippen LogP contribution in [0.2, 0.25) is 5.02 Å². The van der Waals surface area contributed by atoms with Gasteiger partial charge < -0.3 is 26.4 Å². The number of ether oxygens (including phenoxy) is 1. The molecule has 6 N–H and O–H groups in total. The van der Waals surface area contributed by atoms with Crippen molar-refractivity contribution in [2.24, 2.45) is 28.3 Å². The molecule has 0 spiro atoms. The second kappa shape index (κ2) is 14.3. The molecule has 1 aromatic heterocycles. The summed E-state index contributed by atoms with van der Waals surface area (Å²) in [5.41, 5.74) is 13.9. The van der Waals surface area contributed by atoms with Gasteiger partial charge in [-0.2, -0.15) is 5.10 Å². The number of rotatable bonds is 10. The van der Waals surface area contributed by atoms with E-state index in [1.165, 1.54) is 25.7 Å². The number of H-pyrrole nitrogens is 1. The van der Waals surface area contributed by atoms with Crippen molar-refractivity contribution >= 4 is 29.4 Å². The molecule has 2 heterocycles. The minimum atomic E-state index is -0.641. The molecule has 228 valence electrons. The zero-order valence-corrected chi connectivity index (χ0v) is 25.1. The topological polar surface area (TPSA) is 152 Å². The molecule has 42 heavy (non-hydrogen) atoms. The van der Waals surface area contributed by atoms with Crippen molar-refractivity contribution < 1.29 is 14.3 Å². The maximum Gasteiger partial charge on any atom is 0.245 e. The summed E-state index contributed by atoms with van der Waals surface area (Å²) in [4.78, 5) is 31.9. The number of carbonyl (C=O) groups is 2. The van der Waals surface area contributed by atoms with Gasteiger partial charge in [-0.1, -0.05) is 43.7 Å². The van der Waals surface area contributed by atoms with Crippen molar-refractivity contribution in [1.82, 2.24) is 20.4 Å². The summed E-state index contributed by atoms with van der Waals surface area (Å²) in [5.74, 6) is 1.33. The highest BCUT2D eigenvalue weighted by atomic mass is 35.5. The summed E-state index contributed by atoms with van der Waals surface area (Å²) < 4.78 is 5.99. The third-order valence-electron chi connectivity index (χ3n) is 9.13. The van der Waals surface area contributed by atoms with Gasteiger partial charge in [0.1, 0.15) is 11.8 Å². The Balaban J connectivity index is 1.10. The molecule has 1 saturated heterocycles. The van der Waals surface area contributed by atoms with Crippen molar-refractivity contribution in [3.63, 3.8) is 0 Å². The quantitative estimate of drug-likeness (QED) is 0.236. The molecule has 1 aromatic carbocycles. The predicted octanol–water partition coefficient (Wildman–Crippen LogP) is 4.34. The van der Waals surface area contributed by atoms with E-state index >= 15 is 0 Å². The smallest absolute Gasteiger partial charge is 0.245 e. The van der Waals surface area contributed by atoms with E-state index in [4.69, 9.17) is 27.8 Å². The average Bonchev–Trinajstić information content (AvgIpc) is 3.71. The van der Waals surface area contributed by atoms with Crippen molar-refractivity contribution in [3.05, 3.63) is 35.0 Å². The Kier molecular flexibility index (Phi) is 10.3. The molecule has 2 amide bonds. The highest BCUT2D eigenvalue weighted by Gasteiger charge is 2.31. The number of guanidine groups is 1. The van der Waals surface area contributed by atoms with E-state index < -0.39 is 6.04 Å². The summed E-state index contributed by atoms with van der Waals surface area (Å²) in [6.07, 6.45) is 11.8. The van der Waals surface area contributed by atoms with Crippen molar-refractivity contribution in [3.8, 4) is 17.0 Å². The highest BCUT2D eigenvalue weighted by molar-refractivity contribution is 6.33. The Labute approximate surface area is 253 Å². The molecule has 1 aliphatic heterocycles. The van der Waals surface area contributed by atoms with Crippen molar-refractivity contribution in [1.29, 1.82) is 0 Å². The minimum absolute atomic E-state index is 0.0558. The maximum atomic E-state index is 12.9. The van der Waals surface area contributed by atoms with Gasteiger partial charge >= 0.3 is 0 Å². The monoisotopic (exact) mass is 597 g/mol. The molecule has 3 aliphatic rings. The number of aliphatic imine (C=N–C) groups is 1. The van der Waals surface area contributed by atoms with Gasteiger partial charge in [0.05, 0.1) is 23.9 Å². The fourth-order valence-corrected chi connectivity index (χ4v) is 6.94. The van der Waals surface area contributed by atoms with Gasteiger partial charge in [0.15, 0.2) is 5.96 Å². The molecular weight excluding hydrogens is 554 g/mol. The van der Waals surface area contributed by atoms with Crippen LogP contribution in [0.5, 0.6) is 5.75 Å². The number of amides is 2. The number of halogens is 1. The van der Waals surface area contributed by atoms with E-state index in [1.807, 2.05) is 23.1 Å². The number of hydrogen-bond acceptors (Lipinski definition) is 5. The second-order valence-corrected chi connectivity index (χ2v) is 12.5. The van der Waals surface area contributed by atoms with Crippen LogP contribution in [0, 0.1) is 11.8 Å². The number of hydrogen-bond donors (Lipinski definition) is 4. The zero-order valence-electron chi connectivity index (χ0n) is 24.3. The molecule has 2 aliphatic carbocycles. The number of likely N-dealkylation sites (tertiary alicyclic amines) is 1. The van der Waals surface area contributed by atoms with Crippen LogP contribution < -0.4 is 21.5 Å². The minimum Gasteiger partial charge on any atom is -0.493 e. The molecule has 1 atom stereocenters. The molecule has 3 fully saturated rings. The lowest BCUT2D eigenvalue weighted by Crippen LogP contribution is -2.47. The Hall–Kier alpha value is -3.27. The van der Waals surface area contributed by atoms with E-state index in [9.17, 15) is 9.59 Å². The molecule has 0 unspecified atom stereocenters. The normalized spacial score (nSPS) is 19.4. The van der Waals surface area contributed by atoms with Crippen molar-refractivity contribution in [2.75, 3.05) is 26.2 Å². The van der Waals surface area contributed by atoms with Gasteiger partial charge in [-0.05, 0) is 74.6 Å². The number of carbonyl (C=O) groups excluding carboxylic acids is 2. The van der Waals surface area contributed by atoms with Gasteiger partial charge in [-0.15, -0.1) is 0 Å². The number of nitrogens with zero attached hydrogens (tertiary/aromatic N) is 3. The molecule has 11 heteroatoms. The molecule has 10 nitrogen and oxygen atoms in total. The summed E-state index contributed by atoms with van der Waals surface area (Å²) in [5, 5.41) is 11.1. The Bertz CT molecular complexity index is 1240. The number of piperidine rings is 1. The van der Waals surface area contributed by atoms with Crippen LogP contribution in [-0.2, 0) is 9.59 Å². The number of aromatic amines is 1. The van der Waals surface area contributed by atoms with Crippen LogP contribution in [-0.4, -0.2) is 65.2 Å². The predicted molar refractivity (Wildman–Crippen MR) is 164 cm³/mol. The van der Waals surface area contributed by atoms with Gasteiger partial charge in [0.2, 0.25) is 11.8 Å². The van der Waals surface area contributed by atoms with Crippen LogP contribution in [0.25, 0.3) is 11.3 Å². The first kappa shape index (κ1) is 30.2. The first-order valence-corrected chi connectivity index (χ1v) is 15.9. The number of nitrogens with two attached hydrogens (primary N) is 2. The van der Waals surface area contributed by atoms with Gasteiger partial charge in [-0.25, -0.2) is 4.99 Å². The molecule has 0 radical (unpaired) electrons. The average molecular weight is 598 g/mol. The molecule has 2 aromatic rings. The highest BCUT2D eigenvalue weighted by Crippen LogP contribution is 2.34. The van der Waals surface area contributed by atoms with Gasteiger partial charge in [0.25, 0.3) is 0 Å². The largest absolute Gasteiger partial charge is 0.493 e. The van der Waals surface area contributed by atoms with E-state index in [2.05, 4.69) is 26.6 Å². The number of nitrogens with one attached hydrogen (secondary N) is 2. The Morgan fingerprint density at radius 1 is 1.05 bits per heavy atom. The maximum absolute atomic E-state index is 12.9. The number of aromatic nitrogens is 2. The first-order valence-electron chi connectivity index (χ1n) is 15.5. The van der Waals surface area contributed by atoms with E-state index in [1.54, 1.807) is 0 Å². The fraction of sp³-hybridized carbons (Fsp3) is 0.613. The van der Waals surface area contributed by atoms with Crippen LogP contribution in [0.4, 0.5) is 0 Å². The lowest BCUT2D eigenvalue weighted by Gasteiger charge is -2.32. The number of benzene rings is 1. The van der Waals surface area contributed by atoms with Crippen molar-refractivity contribution in [2.45, 2.75) is 82.6 Å². The van der Waals surface area contributed by atoms with Gasteiger partial charge in [-0.3, -0.25) is 14.7 Å². The van der Waals surface area contributed by atoms with Crippen LogP contribution in [0.3, 0.4) is 0 Å². The Morgan fingerprint density at radius 2 is 1.76 bits per heavy atom. The van der Waals surface area contributed by atoms with E-state index in [0.29, 0.717) is 24.0 Å². The lowest BCUT2D eigenvalue weighted by molar-refractivity contribution is -0.134. The third kappa shape index (κ3) is 7.76. The lowest BCUT2D eigenvalue weighted by atomic mass is 9.83. The molecular formula is C31H44ClN7O3. The SMILES string of the molecule is NC(N)=N[C@@H](C(=O)NCC(=O)N1CCC(c2cc(-c3ccc(OCC4CCCC4)cc3Cl)n[nH]2)CC1)C1CCCCC1. The standard InChI is InChI=1S/C31H44ClN7O3/c32-25-16-23(42-19-20-6-4-5-7-20)10-11-24(25)27-17-26(37-38-27)21-12-14-39(15-13-21)28(40)18-35-30(41)29(36-31(33)34)22-8-2-1-3-9-22/h10-11,16-17,20-22,29H,1-9,12-15,18-19H2,(H,35,41)(H,37,38)(H4,33,34,36)/t29-/m1/s1. The Morgan fingerprint density at radius 3 is 2.45 bits per heavy atom. The van der Waals surface area contributed by atoms with Crippen LogP contribution >= 0.6 is 11.6 Å². The van der Waals surface area contributed by atoms with Gasteiger partial charge in [0, 0.05) is 30.3 Å². The summed E-state index contributed by atoms with van der Waals surface area (Å²) >= 11 is 6.62. The zero-order chi connectivity index (χ0) is 29.5. The molecule has 5 rings (SSSR count). The molecule has 0 bridgehead atoms. The van der Waals surface area contributed by atoms with E-state index in [-0.39, 0.29) is 36.2 Å². The summed E-state index contributed by atoms with van der Waals surface area (Å²) in [6, 6.07) is 7.21. The second-order valence-electron chi connectivity index (χ2n) is 12.1. The molecule has 2 saturated carbocycles. The van der Waals surface area contributed by atoms with Crippen LogP contribution in [0.1, 0.15) is 82.2 Å². The summed E-state index contributed by atoms with van der Waals surface area (Å²) in [6.45, 7) is 1.91. The summed E-state index contributed by atoms with van der Waals surface area (Å²) in [7, 11) is 0. The first-order chi connectivity index (χ1) is 20.4. The van der Waals surface area contributed by atoms with E-state index in [0.717, 1.165) is 74.3 Å². The third-order valence-corrected chi connectivity index (χ3v) is 9.44. The van der Waals surface area contributed by atoms with Crippen LogP contribution in [0.15, 0.2) is 29.3 Å². The fourth-order valence-electron chi connectivity index (χ4n) is 6.68.